The zero-order valence-corrected chi connectivity index (χ0v) is 17.4. The number of hydrogen-bond acceptors (Lipinski definition) is 4. The van der Waals surface area contributed by atoms with Crippen molar-refractivity contribution in [2.75, 3.05) is 13.1 Å². The first-order valence-electron chi connectivity index (χ1n) is 10.5. The Morgan fingerprint density at radius 1 is 0.844 bits per heavy atom. The summed E-state index contributed by atoms with van der Waals surface area (Å²) in [6.45, 7) is 1.09. The van der Waals surface area contributed by atoms with Gasteiger partial charge in [-0.1, -0.05) is 66.7 Å². The molecule has 2 heterocycles. The van der Waals surface area contributed by atoms with Crippen LogP contribution >= 0.6 is 0 Å². The summed E-state index contributed by atoms with van der Waals surface area (Å²) < 4.78 is 1.73. The molecule has 5 rings (SSSR count). The van der Waals surface area contributed by atoms with Gasteiger partial charge in [-0.15, -0.1) is 5.10 Å². The van der Waals surface area contributed by atoms with E-state index in [2.05, 4.69) is 16.2 Å². The van der Waals surface area contributed by atoms with Crippen molar-refractivity contribution < 1.29 is 9.90 Å². The summed E-state index contributed by atoms with van der Waals surface area (Å²) in [6.07, 6.45) is 2.79. The van der Waals surface area contributed by atoms with Crippen LogP contribution in [-0.4, -0.2) is 43.8 Å². The summed E-state index contributed by atoms with van der Waals surface area (Å²) in [5.41, 5.74) is 3.98. The van der Waals surface area contributed by atoms with Gasteiger partial charge in [0, 0.05) is 18.7 Å². The Morgan fingerprint density at radius 3 is 2.19 bits per heavy atom. The Labute approximate surface area is 186 Å². The van der Waals surface area contributed by atoms with Crippen LogP contribution in [0.5, 0.6) is 5.75 Å². The molecule has 6 heteroatoms. The standard InChI is InChI=1S/C26H22N4O2/c31-23-13-11-19(12-14-23)20-15-17-29(18-16-20)26(32)24-27-25(21-7-3-1-4-8-21)30(28-24)22-9-5-2-6-10-22/h1-15,31H,16-18H2. The molecule has 0 saturated carbocycles. The molecular weight excluding hydrogens is 400 g/mol. The molecule has 0 unspecified atom stereocenters. The van der Waals surface area contributed by atoms with Crippen molar-refractivity contribution in [3.63, 3.8) is 0 Å². The van der Waals surface area contributed by atoms with Crippen LogP contribution in [0.15, 0.2) is 91.0 Å². The van der Waals surface area contributed by atoms with E-state index < -0.39 is 0 Å². The SMILES string of the molecule is O=C(c1nc(-c2ccccc2)n(-c2ccccc2)n1)N1CC=C(c2ccc(O)cc2)CC1. The van der Waals surface area contributed by atoms with E-state index in [0.717, 1.165) is 23.2 Å². The maximum absolute atomic E-state index is 13.2. The number of rotatable bonds is 4. The molecule has 0 aliphatic carbocycles. The number of benzene rings is 3. The Balaban J connectivity index is 1.43. The molecule has 3 aromatic carbocycles. The number of hydrogen-bond donors (Lipinski definition) is 1. The number of phenolic OH excluding ortho intramolecular Hbond substituents is 1. The van der Waals surface area contributed by atoms with E-state index in [1.165, 1.54) is 5.57 Å². The highest BCUT2D eigenvalue weighted by molar-refractivity contribution is 5.91. The maximum atomic E-state index is 13.2. The van der Waals surface area contributed by atoms with Crippen molar-refractivity contribution in [3.05, 3.63) is 102 Å². The van der Waals surface area contributed by atoms with Crippen LogP contribution in [0.1, 0.15) is 22.6 Å². The van der Waals surface area contributed by atoms with Crippen molar-refractivity contribution >= 4 is 11.5 Å². The fourth-order valence-corrected chi connectivity index (χ4v) is 3.86. The summed E-state index contributed by atoms with van der Waals surface area (Å²) in [7, 11) is 0. The second-order valence-corrected chi connectivity index (χ2v) is 7.65. The minimum atomic E-state index is -0.183. The lowest BCUT2D eigenvalue weighted by Crippen LogP contribution is -2.35. The number of nitrogens with zero attached hydrogens (tertiary/aromatic N) is 4. The number of para-hydroxylation sites is 1. The molecule has 1 aromatic heterocycles. The van der Waals surface area contributed by atoms with Gasteiger partial charge >= 0.3 is 0 Å². The Hall–Kier alpha value is -4.19. The normalized spacial score (nSPS) is 13.6. The van der Waals surface area contributed by atoms with Crippen molar-refractivity contribution in [2.24, 2.45) is 0 Å². The fraction of sp³-hybridized carbons (Fsp3) is 0.115. The molecule has 1 amide bonds. The smallest absolute Gasteiger partial charge is 0.293 e. The third-order valence-electron chi connectivity index (χ3n) is 5.57. The number of carbonyl (C=O) groups is 1. The molecule has 0 spiro atoms. The Bertz CT molecular complexity index is 1210. The number of aromatic nitrogens is 3. The first-order valence-corrected chi connectivity index (χ1v) is 10.5. The predicted octanol–water partition coefficient (Wildman–Crippen LogP) is 4.57. The number of aromatic hydroxyl groups is 1. The van der Waals surface area contributed by atoms with Crippen LogP contribution < -0.4 is 0 Å². The van der Waals surface area contributed by atoms with Crippen LogP contribution in [0, 0.1) is 0 Å². The lowest BCUT2D eigenvalue weighted by Gasteiger charge is -2.25. The summed E-state index contributed by atoms with van der Waals surface area (Å²) in [5, 5.41) is 14.1. The highest BCUT2D eigenvalue weighted by Crippen LogP contribution is 2.26. The van der Waals surface area contributed by atoms with Gasteiger partial charge in [0.25, 0.3) is 5.91 Å². The highest BCUT2D eigenvalue weighted by atomic mass is 16.3. The van der Waals surface area contributed by atoms with E-state index in [9.17, 15) is 9.90 Å². The lowest BCUT2D eigenvalue weighted by molar-refractivity contribution is 0.0761. The van der Waals surface area contributed by atoms with Crippen LogP contribution in [-0.2, 0) is 0 Å². The zero-order valence-electron chi connectivity index (χ0n) is 17.4. The fourth-order valence-electron chi connectivity index (χ4n) is 3.86. The zero-order chi connectivity index (χ0) is 21.9. The van der Waals surface area contributed by atoms with E-state index in [1.807, 2.05) is 72.8 Å². The molecule has 1 aliphatic heterocycles. The number of amides is 1. The minimum Gasteiger partial charge on any atom is -0.508 e. The van der Waals surface area contributed by atoms with Gasteiger partial charge in [0.15, 0.2) is 5.82 Å². The molecule has 158 valence electrons. The second kappa shape index (κ2) is 8.51. The third kappa shape index (κ3) is 3.90. The summed E-state index contributed by atoms with van der Waals surface area (Å²) >= 11 is 0. The highest BCUT2D eigenvalue weighted by Gasteiger charge is 2.25. The van der Waals surface area contributed by atoms with Crippen LogP contribution in [0.25, 0.3) is 22.6 Å². The molecule has 1 N–H and O–H groups in total. The number of phenols is 1. The van der Waals surface area contributed by atoms with Gasteiger partial charge in [-0.2, -0.15) is 0 Å². The molecule has 6 nitrogen and oxygen atoms in total. The molecule has 0 bridgehead atoms. The van der Waals surface area contributed by atoms with Gasteiger partial charge < -0.3 is 10.0 Å². The average Bonchev–Trinajstić information content (AvgIpc) is 3.31. The van der Waals surface area contributed by atoms with Crippen LogP contribution in [0.3, 0.4) is 0 Å². The van der Waals surface area contributed by atoms with Crippen molar-refractivity contribution in [3.8, 4) is 22.8 Å². The molecular formula is C26H22N4O2. The minimum absolute atomic E-state index is 0.183. The largest absolute Gasteiger partial charge is 0.508 e. The third-order valence-corrected chi connectivity index (χ3v) is 5.57. The lowest BCUT2D eigenvalue weighted by atomic mass is 9.99. The van der Waals surface area contributed by atoms with Gasteiger partial charge in [0.05, 0.1) is 5.69 Å². The first-order chi connectivity index (χ1) is 15.7. The van der Waals surface area contributed by atoms with E-state index in [0.29, 0.717) is 18.9 Å². The topological polar surface area (TPSA) is 71.2 Å². The summed E-state index contributed by atoms with van der Waals surface area (Å²) in [6, 6.07) is 26.6. The van der Waals surface area contributed by atoms with Crippen molar-refractivity contribution in [2.45, 2.75) is 6.42 Å². The molecule has 32 heavy (non-hydrogen) atoms. The van der Waals surface area contributed by atoms with E-state index in [1.54, 1.807) is 21.7 Å². The van der Waals surface area contributed by atoms with Gasteiger partial charge in [0.1, 0.15) is 5.75 Å². The van der Waals surface area contributed by atoms with Crippen molar-refractivity contribution in [1.82, 2.24) is 19.7 Å². The molecule has 0 fully saturated rings. The molecule has 1 aliphatic rings. The van der Waals surface area contributed by atoms with E-state index in [4.69, 9.17) is 0 Å². The average molecular weight is 422 g/mol. The molecule has 0 radical (unpaired) electrons. The van der Waals surface area contributed by atoms with Gasteiger partial charge in [0.2, 0.25) is 5.82 Å². The monoisotopic (exact) mass is 422 g/mol. The predicted molar refractivity (Wildman–Crippen MR) is 123 cm³/mol. The van der Waals surface area contributed by atoms with E-state index >= 15 is 0 Å². The second-order valence-electron chi connectivity index (χ2n) is 7.65. The summed E-state index contributed by atoms with van der Waals surface area (Å²) in [4.78, 5) is 19.6. The summed E-state index contributed by atoms with van der Waals surface area (Å²) in [5.74, 6) is 0.890. The molecule has 0 atom stereocenters. The van der Waals surface area contributed by atoms with Gasteiger partial charge in [-0.05, 0) is 41.8 Å². The Morgan fingerprint density at radius 2 is 1.53 bits per heavy atom. The van der Waals surface area contributed by atoms with Crippen molar-refractivity contribution in [1.29, 1.82) is 0 Å². The maximum Gasteiger partial charge on any atom is 0.293 e. The molecule has 0 saturated heterocycles. The van der Waals surface area contributed by atoms with Gasteiger partial charge in [-0.3, -0.25) is 4.79 Å². The quantitative estimate of drug-likeness (QED) is 0.523. The Kier molecular flexibility index (Phi) is 5.25. The van der Waals surface area contributed by atoms with Gasteiger partial charge in [-0.25, -0.2) is 9.67 Å². The number of carbonyl (C=O) groups excluding carboxylic acids is 1. The molecule has 4 aromatic rings. The van der Waals surface area contributed by atoms with E-state index in [-0.39, 0.29) is 17.5 Å². The van der Waals surface area contributed by atoms with Crippen LogP contribution in [0.4, 0.5) is 0 Å². The first kappa shape index (κ1) is 19.8. The van der Waals surface area contributed by atoms with Crippen LogP contribution in [0.2, 0.25) is 0 Å².